The summed E-state index contributed by atoms with van der Waals surface area (Å²) < 4.78 is 7.52. The maximum absolute atomic E-state index is 12.4. The maximum atomic E-state index is 12.4. The summed E-state index contributed by atoms with van der Waals surface area (Å²) in [6, 6.07) is 18.0. The molecule has 0 atom stereocenters. The van der Waals surface area contributed by atoms with Crippen LogP contribution in [-0.4, -0.2) is 39.6 Å². The first-order valence-corrected chi connectivity index (χ1v) is 10.8. The fraction of sp³-hybridized carbons (Fsp3) is 0.318. The predicted octanol–water partition coefficient (Wildman–Crippen LogP) is 4.09. The third-order valence-electron chi connectivity index (χ3n) is 5.04. The van der Waals surface area contributed by atoms with E-state index >= 15 is 0 Å². The molecule has 4 rings (SSSR count). The Kier molecular flexibility index (Phi) is 6.14. The van der Waals surface area contributed by atoms with Gasteiger partial charge in [-0.1, -0.05) is 67.1 Å². The van der Waals surface area contributed by atoms with E-state index in [9.17, 15) is 4.79 Å². The van der Waals surface area contributed by atoms with E-state index in [1.807, 2.05) is 59.2 Å². The SMILES string of the molecule is COc1ccccc1-n1c(SCC(=O)NC2CCCC2)nnc1-c1ccccc1. The van der Waals surface area contributed by atoms with Crippen molar-refractivity contribution in [3.8, 4) is 22.8 Å². The standard InChI is InChI=1S/C22H24N4O2S/c1-28-19-14-8-7-13-18(19)26-21(16-9-3-2-4-10-16)24-25-22(26)29-15-20(27)23-17-11-5-6-12-17/h2-4,7-10,13-14,17H,5-6,11-12,15H2,1H3,(H,23,27). The highest BCUT2D eigenvalue weighted by atomic mass is 32.2. The molecule has 1 aromatic heterocycles. The second kappa shape index (κ2) is 9.13. The number of thioether (sulfide) groups is 1. The van der Waals surface area contributed by atoms with E-state index < -0.39 is 0 Å². The van der Waals surface area contributed by atoms with Crippen LogP contribution in [0.1, 0.15) is 25.7 Å². The van der Waals surface area contributed by atoms with E-state index in [-0.39, 0.29) is 5.91 Å². The Balaban J connectivity index is 1.63. The van der Waals surface area contributed by atoms with Crippen molar-refractivity contribution in [3.05, 3.63) is 54.6 Å². The number of benzene rings is 2. The molecule has 1 amide bonds. The topological polar surface area (TPSA) is 69.0 Å². The van der Waals surface area contributed by atoms with E-state index in [0.29, 0.717) is 22.8 Å². The summed E-state index contributed by atoms with van der Waals surface area (Å²) in [5, 5.41) is 12.6. The lowest BCUT2D eigenvalue weighted by Crippen LogP contribution is -2.33. The van der Waals surface area contributed by atoms with Gasteiger partial charge in [0.25, 0.3) is 0 Å². The molecule has 150 valence electrons. The molecule has 1 aliphatic rings. The van der Waals surface area contributed by atoms with Gasteiger partial charge in [0, 0.05) is 11.6 Å². The monoisotopic (exact) mass is 408 g/mol. The van der Waals surface area contributed by atoms with Gasteiger partial charge >= 0.3 is 0 Å². The van der Waals surface area contributed by atoms with Crippen molar-refractivity contribution in [2.24, 2.45) is 0 Å². The zero-order valence-corrected chi connectivity index (χ0v) is 17.2. The van der Waals surface area contributed by atoms with Crippen LogP contribution in [0.15, 0.2) is 59.8 Å². The number of methoxy groups -OCH3 is 1. The van der Waals surface area contributed by atoms with Crippen LogP contribution in [0.3, 0.4) is 0 Å². The third kappa shape index (κ3) is 4.45. The van der Waals surface area contributed by atoms with Gasteiger partial charge in [-0.05, 0) is 25.0 Å². The van der Waals surface area contributed by atoms with Crippen LogP contribution in [0, 0.1) is 0 Å². The van der Waals surface area contributed by atoms with Gasteiger partial charge in [0.15, 0.2) is 11.0 Å². The van der Waals surface area contributed by atoms with Gasteiger partial charge in [0.1, 0.15) is 5.75 Å². The molecule has 6 nitrogen and oxygen atoms in total. The highest BCUT2D eigenvalue weighted by molar-refractivity contribution is 7.99. The zero-order valence-electron chi connectivity index (χ0n) is 16.4. The van der Waals surface area contributed by atoms with Gasteiger partial charge in [0.2, 0.25) is 5.91 Å². The second-order valence-corrected chi connectivity index (χ2v) is 7.96. The number of amides is 1. The van der Waals surface area contributed by atoms with E-state index in [0.717, 1.165) is 29.8 Å². The summed E-state index contributed by atoms with van der Waals surface area (Å²) in [5.41, 5.74) is 1.80. The quantitative estimate of drug-likeness (QED) is 0.596. The van der Waals surface area contributed by atoms with E-state index in [1.165, 1.54) is 24.6 Å². The van der Waals surface area contributed by atoms with Crippen molar-refractivity contribution in [2.75, 3.05) is 12.9 Å². The predicted molar refractivity (Wildman–Crippen MR) is 114 cm³/mol. The number of aromatic nitrogens is 3. The van der Waals surface area contributed by atoms with Crippen LogP contribution < -0.4 is 10.1 Å². The number of ether oxygens (including phenoxy) is 1. The Morgan fingerprint density at radius 3 is 2.59 bits per heavy atom. The normalized spacial score (nSPS) is 14.1. The van der Waals surface area contributed by atoms with Crippen molar-refractivity contribution in [1.82, 2.24) is 20.1 Å². The largest absolute Gasteiger partial charge is 0.495 e. The van der Waals surface area contributed by atoms with E-state index in [4.69, 9.17) is 4.74 Å². The van der Waals surface area contributed by atoms with Crippen LogP contribution in [0.25, 0.3) is 17.1 Å². The number of hydrogen-bond acceptors (Lipinski definition) is 5. The molecule has 0 radical (unpaired) electrons. The van der Waals surface area contributed by atoms with Gasteiger partial charge in [0.05, 0.1) is 18.6 Å². The van der Waals surface area contributed by atoms with E-state index in [2.05, 4.69) is 15.5 Å². The molecular weight excluding hydrogens is 384 g/mol. The first-order chi connectivity index (χ1) is 14.3. The number of para-hydroxylation sites is 2. The molecule has 2 aromatic carbocycles. The minimum atomic E-state index is 0.0396. The highest BCUT2D eigenvalue weighted by Gasteiger charge is 2.21. The van der Waals surface area contributed by atoms with Gasteiger partial charge in [-0.2, -0.15) is 0 Å². The molecule has 0 unspecified atom stereocenters. The summed E-state index contributed by atoms with van der Waals surface area (Å²) in [4.78, 5) is 12.4. The molecule has 0 saturated heterocycles. The molecule has 3 aromatic rings. The molecule has 0 bridgehead atoms. The van der Waals surface area contributed by atoms with Gasteiger partial charge < -0.3 is 10.1 Å². The lowest BCUT2D eigenvalue weighted by atomic mass is 10.2. The Hall–Kier alpha value is -2.80. The number of carbonyl (C=O) groups is 1. The minimum absolute atomic E-state index is 0.0396. The van der Waals surface area contributed by atoms with Crippen molar-refractivity contribution in [1.29, 1.82) is 0 Å². The van der Waals surface area contributed by atoms with Crippen LogP contribution in [-0.2, 0) is 4.79 Å². The van der Waals surface area contributed by atoms with Crippen LogP contribution in [0.2, 0.25) is 0 Å². The molecule has 0 spiro atoms. The van der Waals surface area contributed by atoms with Gasteiger partial charge in [-0.15, -0.1) is 10.2 Å². The second-order valence-electron chi connectivity index (χ2n) is 7.02. The smallest absolute Gasteiger partial charge is 0.230 e. The van der Waals surface area contributed by atoms with Crippen LogP contribution >= 0.6 is 11.8 Å². The Bertz CT molecular complexity index is 968. The molecular formula is C22H24N4O2S. The average molecular weight is 409 g/mol. The number of rotatable bonds is 7. The first kappa shape index (κ1) is 19.5. The Labute approximate surface area is 174 Å². The minimum Gasteiger partial charge on any atom is -0.495 e. The summed E-state index contributed by atoms with van der Waals surface area (Å²) in [5.74, 6) is 1.78. The van der Waals surface area contributed by atoms with E-state index in [1.54, 1.807) is 7.11 Å². The molecule has 1 N–H and O–H groups in total. The third-order valence-corrected chi connectivity index (χ3v) is 5.97. The first-order valence-electron chi connectivity index (χ1n) is 9.82. The molecule has 29 heavy (non-hydrogen) atoms. The Morgan fingerprint density at radius 1 is 1.10 bits per heavy atom. The lowest BCUT2D eigenvalue weighted by Gasteiger charge is -2.14. The summed E-state index contributed by atoms with van der Waals surface area (Å²) in [6.07, 6.45) is 4.54. The number of carbonyl (C=O) groups excluding carboxylic acids is 1. The maximum Gasteiger partial charge on any atom is 0.230 e. The molecule has 0 aliphatic heterocycles. The average Bonchev–Trinajstić information content (AvgIpc) is 3.42. The number of nitrogens with zero attached hydrogens (tertiary/aromatic N) is 3. The summed E-state index contributed by atoms with van der Waals surface area (Å²) >= 11 is 1.39. The molecule has 1 heterocycles. The van der Waals surface area contributed by atoms with Crippen molar-refractivity contribution in [2.45, 2.75) is 36.9 Å². The number of hydrogen-bond donors (Lipinski definition) is 1. The highest BCUT2D eigenvalue weighted by Crippen LogP contribution is 2.32. The van der Waals surface area contributed by atoms with Gasteiger partial charge in [-0.3, -0.25) is 9.36 Å². The number of nitrogens with one attached hydrogen (secondary N) is 1. The van der Waals surface area contributed by atoms with Crippen molar-refractivity contribution >= 4 is 17.7 Å². The summed E-state index contributed by atoms with van der Waals surface area (Å²) in [6.45, 7) is 0. The zero-order chi connectivity index (χ0) is 20.1. The Morgan fingerprint density at radius 2 is 1.83 bits per heavy atom. The molecule has 1 aliphatic carbocycles. The van der Waals surface area contributed by atoms with Crippen molar-refractivity contribution in [3.63, 3.8) is 0 Å². The van der Waals surface area contributed by atoms with Crippen molar-refractivity contribution < 1.29 is 9.53 Å². The fourth-order valence-corrected chi connectivity index (χ4v) is 4.39. The van der Waals surface area contributed by atoms with Crippen LogP contribution in [0.5, 0.6) is 5.75 Å². The molecule has 1 saturated carbocycles. The fourth-order valence-electron chi connectivity index (χ4n) is 3.64. The molecule has 1 fully saturated rings. The lowest BCUT2D eigenvalue weighted by molar-refractivity contribution is -0.119. The van der Waals surface area contributed by atoms with Crippen LogP contribution in [0.4, 0.5) is 0 Å². The van der Waals surface area contributed by atoms with Gasteiger partial charge in [-0.25, -0.2) is 0 Å². The molecule has 7 heteroatoms. The summed E-state index contributed by atoms with van der Waals surface area (Å²) in [7, 11) is 1.65.